The van der Waals surface area contributed by atoms with Crippen molar-refractivity contribution >= 4 is 11.7 Å². The van der Waals surface area contributed by atoms with E-state index in [0.29, 0.717) is 11.7 Å². The van der Waals surface area contributed by atoms with E-state index in [4.69, 9.17) is 0 Å². The van der Waals surface area contributed by atoms with E-state index >= 15 is 0 Å². The van der Waals surface area contributed by atoms with Gasteiger partial charge < -0.3 is 10.2 Å². The molecule has 2 fully saturated rings. The number of likely N-dealkylation sites (tertiary alicyclic amines) is 1. The van der Waals surface area contributed by atoms with E-state index in [1.165, 1.54) is 32.1 Å². The maximum absolute atomic E-state index is 12.4. The quantitative estimate of drug-likeness (QED) is 0.932. The summed E-state index contributed by atoms with van der Waals surface area (Å²) in [6.45, 7) is 3.92. The second-order valence-electron chi connectivity index (χ2n) is 6.76. The van der Waals surface area contributed by atoms with Crippen LogP contribution in [0.4, 0.5) is 5.82 Å². The Morgan fingerprint density at radius 3 is 2.45 bits per heavy atom. The fraction of sp³-hybridized carbons (Fsp3) is 0.706. The normalized spacial score (nSPS) is 20.9. The maximum atomic E-state index is 12.4. The number of piperidine rings is 1. The van der Waals surface area contributed by atoms with Crippen LogP contribution in [0.25, 0.3) is 0 Å². The number of hydrogen-bond acceptors (Lipinski definition) is 4. The molecule has 2 heterocycles. The van der Waals surface area contributed by atoms with Crippen LogP contribution in [0.3, 0.4) is 0 Å². The molecule has 1 aliphatic heterocycles. The molecule has 1 aromatic heterocycles. The van der Waals surface area contributed by atoms with Gasteiger partial charge in [0, 0.05) is 19.1 Å². The van der Waals surface area contributed by atoms with Gasteiger partial charge in [-0.15, -0.1) is 10.2 Å². The molecule has 1 N–H and O–H groups in total. The molecule has 5 heteroatoms. The Hall–Kier alpha value is -1.65. The van der Waals surface area contributed by atoms with Gasteiger partial charge in [-0.2, -0.15) is 0 Å². The Kier molecular flexibility index (Phi) is 4.90. The van der Waals surface area contributed by atoms with Crippen molar-refractivity contribution in [3.63, 3.8) is 0 Å². The SMILES string of the molecule is CC1CCN(C(=O)c2ccc(NC3CCCCC3)nn2)CC1. The zero-order valence-electron chi connectivity index (χ0n) is 13.4. The number of aromatic nitrogens is 2. The van der Waals surface area contributed by atoms with Crippen molar-refractivity contribution in [1.29, 1.82) is 0 Å². The van der Waals surface area contributed by atoms with E-state index in [9.17, 15) is 4.79 Å². The lowest BCUT2D eigenvalue weighted by molar-refractivity contribution is 0.0690. The van der Waals surface area contributed by atoms with E-state index in [-0.39, 0.29) is 5.91 Å². The fourth-order valence-electron chi connectivity index (χ4n) is 3.35. The average molecular weight is 302 g/mol. The molecule has 120 valence electrons. The van der Waals surface area contributed by atoms with Crippen LogP contribution in [0.5, 0.6) is 0 Å². The minimum atomic E-state index is 0.0172. The maximum Gasteiger partial charge on any atom is 0.274 e. The van der Waals surface area contributed by atoms with Crippen molar-refractivity contribution in [2.75, 3.05) is 18.4 Å². The van der Waals surface area contributed by atoms with Crippen LogP contribution in [0.15, 0.2) is 12.1 Å². The van der Waals surface area contributed by atoms with Gasteiger partial charge >= 0.3 is 0 Å². The zero-order chi connectivity index (χ0) is 15.4. The number of carbonyl (C=O) groups is 1. The lowest BCUT2D eigenvalue weighted by atomic mass is 9.95. The van der Waals surface area contributed by atoms with E-state index in [0.717, 1.165) is 37.7 Å². The largest absolute Gasteiger partial charge is 0.366 e. The van der Waals surface area contributed by atoms with E-state index in [1.807, 2.05) is 11.0 Å². The molecule has 22 heavy (non-hydrogen) atoms. The molecule has 0 bridgehead atoms. The number of nitrogens with zero attached hydrogens (tertiary/aromatic N) is 3. The third-order valence-electron chi connectivity index (χ3n) is 4.91. The van der Waals surface area contributed by atoms with Crippen LogP contribution < -0.4 is 5.32 Å². The predicted octanol–water partition coefficient (Wildman–Crippen LogP) is 3.09. The monoisotopic (exact) mass is 302 g/mol. The van der Waals surface area contributed by atoms with Crippen molar-refractivity contribution in [2.24, 2.45) is 5.92 Å². The van der Waals surface area contributed by atoms with Gasteiger partial charge in [0.1, 0.15) is 5.82 Å². The first-order chi connectivity index (χ1) is 10.7. The van der Waals surface area contributed by atoms with Gasteiger partial charge in [0.25, 0.3) is 5.91 Å². The molecule has 0 aromatic carbocycles. The third kappa shape index (κ3) is 3.76. The Balaban J connectivity index is 1.57. The lowest BCUT2D eigenvalue weighted by Gasteiger charge is -2.29. The Labute approximate surface area is 132 Å². The summed E-state index contributed by atoms with van der Waals surface area (Å²) in [6.07, 6.45) is 8.49. The summed E-state index contributed by atoms with van der Waals surface area (Å²) in [5.74, 6) is 1.52. The molecular formula is C17H26N4O. The highest BCUT2D eigenvalue weighted by Gasteiger charge is 2.22. The Morgan fingerprint density at radius 2 is 1.82 bits per heavy atom. The predicted molar refractivity (Wildman–Crippen MR) is 86.8 cm³/mol. The number of nitrogens with one attached hydrogen (secondary N) is 1. The highest BCUT2D eigenvalue weighted by atomic mass is 16.2. The summed E-state index contributed by atoms with van der Waals surface area (Å²) in [7, 11) is 0. The van der Waals surface area contributed by atoms with Crippen molar-refractivity contribution in [3.8, 4) is 0 Å². The van der Waals surface area contributed by atoms with Gasteiger partial charge in [-0.3, -0.25) is 4.79 Å². The number of rotatable bonds is 3. The molecule has 1 aromatic rings. The highest BCUT2D eigenvalue weighted by Crippen LogP contribution is 2.21. The van der Waals surface area contributed by atoms with Crippen LogP contribution in [-0.4, -0.2) is 40.1 Å². The highest BCUT2D eigenvalue weighted by molar-refractivity contribution is 5.92. The van der Waals surface area contributed by atoms with E-state index in [1.54, 1.807) is 6.07 Å². The molecule has 1 saturated carbocycles. The van der Waals surface area contributed by atoms with Gasteiger partial charge in [0.2, 0.25) is 0 Å². The van der Waals surface area contributed by atoms with Gasteiger partial charge in [-0.25, -0.2) is 0 Å². The topological polar surface area (TPSA) is 58.1 Å². The van der Waals surface area contributed by atoms with Gasteiger partial charge in [0.05, 0.1) is 0 Å². The van der Waals surface area contributed by atoms with Crippen molar-refractivity contribution in [1.82, 2.24) is 15.1 Å². The Bertz CT molecular complexity index is 488. The first kappa shape index (κ1) is 15.3. The van der Waals surface area contributed by atoms with Crippen LogP contribution in [0, 0.1) is 5.92 Å². The zero-order valence-corrected chi connectivity index (χ0v) is 13.4. The number of hydrogen-bond donors (Lipinski definition) is 1. The minimum Gasteiger partial charge on any atom is -0.366 e. The first-order valence-electron chi connectivity index (χ1n) is 8.62. The summed E-state index contributed by atoms with van der Waals surface area (Å²) < 4.78 is 0. The van der Waals surface area contributed by atoms with Crippen LogP contribution >= 0.6 is 0 Å². The van der Waals surface area contributed by atoms with Crippen molar-refractivity contribution in [3.05, 3.63) is 17.8 Å². The van der Waals surface area contributed by atoms with E-state index in [2.05, 4.69) is 22.4 Å². The molecule has 1 aliphatic carbocycles. The standard InChI is InChI=1S/C17H26N4O/c1-13-9-11-21(12-10-13)17(22)15-7-8-16(20-19-15)18-14-5-3-2-4-6-14/h7-8,13-14H,2-6,9-12H2,1H3,(H,18,20). The Morgan fingerprint density at radius 1 is 1.09 bits per heavy atom. The molecule has 5 nitrogen and oxygen atoms in total. The summed E-state index contributed by atoms with van der Waals surface area (Å²) in [6, 6.07) is 4.20. The van der Waals surface area contributed by atoms with Crippen LogP contribution in [-0.2, 0) is 0 Å². The first-order valence-corrected chi connectivity index (χ1v) is 8.62. The molecule has 3 rings (SSSR count). The number of amides is 1. The van der Waals surface area contributed by atoms with Gasteiger partial charge in [0.15, 0.2) is 5.69 Å². The summed E-state index contributed by atoms with van der Waals surface area (Å²) in [5, 5.41) is 11.8. The second-order valence-corrected chi connectivity index (χ2v) is 6.76. The molecule has 0 radical (unpaired) electrons. The molecule has 2 aliphatic rings. The minimum absolute atomic E-state index is 0.0172. The molecule has 1 amide bonds. The summed E-state index contributed by atoms with van der Waals surface area (Å²) >= 11 is 0. The molecule has 0 unspecified atom stereocenters. The molecule has 0 atom stereocenters. The summed E-state index contributed by atoms with van der Waals surface area (Å²) in [4.78, 5) is 14.3. The number of carbonyl (C=O) groups excluding carboxylic acids is 1. The van der Waals surface area contributed by atoms with Crippen LogP contribution in [0.2, 0.25) is 0 Å². The van der Waals surface area contributed by atoms with Crippen molar-refractivity contribution < 1.29 is 4.79 Å². The molecule has 1 saturated heterocycles. The molecule has 0 spiro atoms. The van der Waals surface area contributed by atoms with Crippen LogP contribution in [0.1, 0.15) is 62.4 Å². The second kappa shape index (κ2) is 7.07. The smallest absolute Gasteiger partial charge is 0.274 e. The molecular weight excluding hydrogens is 276 g/mol. The fourth-order valence-corrected chi connectivity index (χ4v) is 3.35. The van der Waals surface area contributed by atoms with E-state index < -0.39 is 0 Å². The summed E-state index contributed by atoms with van der Waals surface area (Å²) in [5.41, 5.74) is 0.462. The number of anilines is 1. The van der Waals surface area contributed by atoms with Gasteiger partial charge in [-0.05, 0) is 43.7 Å². The average Bonchev–Trinajstić information content (AvgIpc) is 2.57. The van der Waals surface area contributed by atoms with Gasteiger partial charge in [-0.1, -0.05) is 26.2 Å². The lowest BCUT2D eigenvalue weighted by Crippen LogP contribution is -2.38. The van der Waals surface area contributed by atoms with Crippen molar-refractivity contribution in [2.45, 2.75) is 57.9 Å². The third-order valence-corrected chi connectivity index (χ3v) is 4.91.